The third kappa shape index (κ3) is 2.78. The molecule has 1 N–H and O–H groups in total. The summed E-state index contributed by atoms with van der Waals surface area (Å²) < 4.78 is 22.1. The van der Waals surface area contributed by atoms with Crippen molar-refractivity contribution in [1.82, 2.24) is 0 Å². The number of nitrogens with zero attached hydrogens (tertiary/aromatic N) is 1. The SMILES string of the molecule is COc1cccc([C@@H]2Nc3ccccc3C(=O)N2c2ccc3c(c2)OCO3)c1OC. The number of carbonyl (C=O) groups excluding carboxylic acids is 1. The van der Waals surface area contributed by atoms with Crippen LogP contribution in [0.25, 0.3) is 0 Å². The van der Waals surface area contributed by atoms with Gasteiger partial charge in [-0.3, -0.25) is 9.69 Å². The van der Waals surface area contributed by atoms with Crippen LogP contribution < -0.4 is 29.2 Å². The summed E-state index contributed by atoms with van der Waals surface area (Å²) in [5, 5.41) is 3.48. The van der Waals surface area contributed by atoms with Crippen LogP contribution in [0.15, 0.2) is 60.7 Å². The molecule has 30 heavy (non-hydrogen) atoms. The van der Waals surface area contributed by atoms with E-state index in [2.05, 4.69) is 5.32 Å². The quantitative estimate of drug-likeness (QED) is 0.703. The molecule has 0 aliphatic carbocycles. The molecule has 0 unspecified atom stereocenters. The van der Waals surface area contributed by atoms with E-state index < -0.39 is 6.17 Å². The van der Waals surface area contributed by atoms with Gasteiger partial charge in [-0.15, -0.1) is 0 Å². The van der Waals surface area contributed by atoms with Gasteiger partial charge in [0.1, 0.15) is 6.17 Å². The van der Waals surface area contributed by atoms with Gasteiger partial charge in [-0.25, -0.2) is 0 Å². The first-order valence-electron chi connectivity index (χ1n) is 9.51. The van der Waals surface area contributed by atoms with Crippen LogP contribution >= 0.6 is 0 Å². The number of anilines is 2. The van der Waals surface area contributed by atoms with E-state index in [-0.39, 0.29) is 12.7 Å². The van der Waals surface area contributed by atoms with Crippen molar-refractivity contribution in [3.05, 3.63) is 71.8 Å². The maximum absolute atomic E-state index is 13.6. The van der Waals surface area contributed by atoms with E-state index in [0.717, 1.165) is 11.3 Å². The van der Waals surface area contributed by atoms with Crippen LogP contribution in [0.4, 0.5) is 11.4 Å². The van der Waals surface area contributed by atoms with Gasteiger partial charge in [-0.2, -0.15) is 0 Å². The number of hydrogen-bond donors (Lipinski definition) is 1. The third-order valence-electron chi connectivity index (χ3n) is 5.29. The van der Waals surface area contributed by atoms with Gasteiger partial charge < -0.3 is 24.3 Å². The molecule has 152 valence electrons. The number of amides is 1. The van der Waals surface area contributed by atoms with Crippen molar-refractivity contribution in [3.8, 4) is 23.0 Å². The maximum Gasteiger partial charge on any atom is 0.262 e. The molecule has 0 aromatic heterocycles. The lowest BCUT2D eigenvalue weighted by Gasteiger charge is -2.38. The number of fused-ring (bicyclic) bond motifs is 2. The van der Waals surface area contributed by atoms with Crippen LogP contribution in [0, 0.1) is 0 Å². The average Bonchev–Trinajstić information content (AvgIpc) is 3.26. The second-order valence-corrected chi connectivity index (χ2v) is 6.89. The second-order valence-electron chi connectivity index (χ2n) is 6.89. The Morgan fingerprint density at radius 1 is 0.967 bits per heavy atom. The Morgan fingerprint density at radius 3 is 2.63 bits per heavy atom. The van der Waals surface area contributed by atoms with E-state index in [4.69, 9.17) is 18.9 Å². The van der Waals surface area contributed by atoms with Gasteiger partial charge in [0.05, 0.1) is 25.5 Å². The number of nitrogens with one attached hydrogen (secondary N) is 1. The van der Waals surface area contributed by atoms with Gasteiger partial charge in [-0.05, 0) is 30.3 Å². The predicted molar refractivity (Wildman–Crippen MR) is 112 cm³/mol. The van der Waals surface area contributed by atoms with Gasteiger partial charge in [0.15, 0.2) is 23.0 Å². The summed E-state index contributed by atoms with van der Waals surface area (Å²) in [4.78, 5) is 15.3. The molecule has 5 rings (SSSR count). The third-order valence-corrected chi connectivity index (χ3v) is 5.29. The predicted octanol–water partition coefficient (Wildman–Crippen LogP) is 4.20. The largest absolute Gasteiger partial charge is 0.493 e. The molecule has 0 radical (unpaired) electrons. The number of ether oxygens (including phenoxy) is 4. The van der Waals surface area contributed by atoms with Crippen LogP contribution in [0.3, 0.4) is 0 Å². The monoisotopic (exact) mass is 404 g/mol. The number of methoxy groups -OCH3 is 2. The molecule has 0 bridgehead atoms. The summed E-state index contributed by atoms with van der Waals surface area (Å²) in [5.74, 6) is 2.30. The fourth-order valence-electron chi connectivity index (χ4n) is 3.90. The fraction of sp³-hybridized carbons (Fsp3) is 0.174. The molecule has 2 heterocycles. The Bertz CT molecular complexity index is 1130. The molecule has 3 aromatic carbocycles. The molecule has 0 spiro atoms. The molecule has 2 aliphatic rings. The molecule has 7 heteroatoms. The van der Waals surface area contributed by atoms with Crippen LogP contribution in [-0.4, -0.2) is 26.9 Å². The summed E-state index contributed by atoms with van der Waals surface area (Å²) in [5.41, 5.74) is 2.81. The van der Waals surface area contributed by atoms with Crippen LogP contribution in [-0.2, 0) is 0 Å². The van der Waals surface area contributed by atoms with Crippen molar-refractivity contribution in [3.63, 3.8) is 0 Å². The zero-order valence-electron chi connectivity index (χ0n) is 16.5. The van der Waals surface area contributed by atoms with E-state index in [1.807, 2.05) is 60.7 Å². The molecule has 3 aromatic rings. The van der Waals surface area contributed by atoms with Crippen molar-refractivity contribution in [1.29, 1.82) is 0 Å². The number of carbonyl (C=O) groups is 1. The highest BCUT2D eigenvalue weighted by Gasteiger charge is 2.36. The lowest BCUT2D eigenvalue weighted by atomic mass is 10.0. The normalized spacial score (nSPS) is 16.7. The summed E-state index contributed by atoms with van der Waals surface area (Å²) in [6, 6.07) is 18.5. The number of benzene rings is 3. The summed E-state index contributed by atoms with van der Waals surface area (Å²) >= 11 is 0. The van der Waals surface area contributed by atoms with Gasteiger partial charge in [-0.1, -0.05) is 24.3 Å². The molecule has 0 fully saturated rings. The van der Waals surface area contributed by atoms with E-state index in [1.54, 1.807) is 19.1 Å². The zero-order valence-corrected chi connectivity index (χ0v) is 16.5. The zero-order chi connectivity index (χ0) is 20.7. The second kappa shape index (κ2) is 7.18. The molecule has 2 aliphatic heterocycles. The van der Waals surface area contributed by atoms with Gasteiger partial charge >= 0.3 is 0 Å². The van der Waals surface area contributed by atoms with Crippen LogP contribution in [0.1, 0.15) is 22.1 Å². The van der Waals surface area contributed by atoms with Crippen LogP contribution in [0.5, 0.6) is 23.0 Å². The minimum absolute atomic E-state index is 0.127. The van der Waals surface area contributed by atoms with Gasteiger partial charge in [0, 0.05) is 17.3 Å². The Hall–Kier alpha value is -3.87. The van der Waals surface area contributed by atoms with E-state index >= 15 is 0 Å². The highest BCUT2D eigenvalue weighted by atomic mass is 16.7. The Morgan fingerprint density at radius 2 is 1.80 bits per heavy atom. The summed E-state index contributed by atoms with van der Waals surface area (Å²) in [7, 11) is 3.18. The highest BCUT2D eigenvalue weighted by Crippen LogP contribution is 2.44. The molecule has 1 atom stereocenters. The minimum atomic E-state index is -0.516. The van der Waals surface area contributed by atoms with Crippen LogP contribution in [0.2, 0.25) is 0 Å². The van der Waals surface area contributed by atoms with Crippen molar-refractivity contribution < 1.29 is 23.7 Å². The number of para-hydroxylation sites is 2. The lowest BCUT2D eigenvalue weighted by Crippen LogP contribution is -2.43. The van der Waals surface area contributed by atoms with Crippen molar-refractivity contribution >= 4 is 17.3 Å². The van der Waals surface area contributed by atoms with Crippen molar-refractivity contribution in [2.24, 2.45) is 0 Å². The fourth-order valence-corrected chi connectivity index (χ4v) is 3.90. The topological polar surface area (TPSA) is 69.3 Å². The Kier molecular flexibility index (Phi) is 4.35. The lowest BCUT2D eigenvalue weighted by molar-refractivity contribution is 0.0974. The molecular formula is C23H20N2O5. The smallest absolute Gasteiger partial charge is 0.262 e. The van der Waals surface area contributed by atoms with Gasteiger partial charge in [0.25, 0.3) is 5.91 Å². The minimum Gasteiger partial charge on any atom is -0.493 e. The number of rotatable bonds is 4. The molecule has 0 saturated heterocycles. The molecule has 0 saturated carbocycles. The Balaban J connectivity index is 1.69. The summed E-state index contributed by atoms with van der Waals surface area (Å²) in [6.45, 7) is 0.168. The molecule has 1 amide bonds. The van der Waals surface area contributed by atoms with Crippen molar-refractivity contribution in [2.75, 3.05) is 31.2 Å². The first-order valence-corrected chi connectivity index (χ1v) is 9.51. The van der Waals surface area contributed by atoms with E-state index in [1.165, 1.54) is 0 Å². The van der Waals surface area contributed by atoms with Gasteiger partial charge in [0.2, 0.25) is 6.79 Å². The Labute approximate surface area is 173 Å². The standard InChI is InChI=1S/C23H20N2O5/c1-27-19-9-5-7-16(21(19)28-2)22-24-17-8-4-3-6-15(17)23(26)25(22)14-10-11-18-20(12-14)30-13-29-18/h3-12,22,24H,13H2,1-2H3/t22-/m1/s1. The maximum atomic E-state index is 13.6. The number of hydrogen-bond acceptors (Lipinski definition) is 6. The molecular weight excluding hydrogens is 384 g/mol. The van der Waals surface area contributed by atoms with E-state index in [0.29, 0.717) is 34.2 Å². The average molecular weight is 404 g/mol. The van der Waals surface area contributed by atoms with Crippen molar-refractivity contribution in [2.45, 2.75) is 6.17 Å². The summed E-state index contributed by atoms with van der Waals surface area (Å²) in [6.07, 6.45) is -0.516. The first kappa shape index (κ1) is 18.2. The molecule has 7 nitrogen and oxygen atoms in total. The highest BCUT2D eigenvalue weighted by molar-refractivity contribution is 6.12. The van der Waals surface area contributed by atoms with E-state index in [9.17, 15) is 4.79 Å². The first-order chi connectivity index (χ1) is 14.7.